The van der Waals surface area contributed by atoms with Gasteiger partial charge in [-0.3, -0.25) is 4.79 Å². The largest absolute Gasteiger partial charge is 0.397 e. The molecule has 0 amide bonds. The lowest BCUT2D eigenvalue weighted by Crippen LogP contribution is -2.35. The number of carbonyl (C=O) groups excluding carboxylic acids is 1. The molecule has 0 saturated carbocycles. The predicted molar refractivity (Wildman–Crippen MR) is 66.2 cm³/mol. The molecule has 4 nitrogen and oxygen atoms in total. The molecule has 1 fully saturated rings. The van der Waals surface area contributed by atoms with Gasteiger partial charge in [-0.2, -0.15) is 0 Å². The van der Waals surface area contributed by atoms with Crippen molar-refractivity contribution in [2.45, 2.75) is 25.9 Å². The van der Waals surface area contributed by atoms with Crippen molar-refractivity contribution >= 4 is 27.8 Å². The smallest absolute Gasteiger partial charge is 0.171 e. The first-order valence-electron chi connectivity index (χ1n) is 5.41. The van der Waals surface area contributed by atoms with Crippen molar-refractivity contribution < 1.29 is 9.90 Å². The summed E-state index contributed by atoms with van der Waals surface area (Å²) in [5.41, 5.74) is 6.36. The molecule has 1 aromatic rings. The van der Waals surface area contributed by atoms with Gasteiger partial charge in [-0.05, 0) is 18.9 Å². The van der Waals surface area contributed by atoms with Crippen LogP contribution in [0.2, 0.25) is 0 Å². The van der Waals surface area contributed by atoms with E-state index in [-0.39, 0.29) is 11.9 Å². The number of Topliss-reactive ketones (excluding diaryl/α,β-unsaturated/α-hetero) is 1. The summed E-state index contributed by atoms with van der Waals surface area (Å²) in [5.74, 6) is 0.0193. The van der Waals surface area contributed by atoms with Crippen molar-refractivity contribution in [3.05, 3.63) is 10.9 Å². The lowest BCUT2D eigenvalue weighted by molar-refractivity contribution is 0.102. The van der Waals surface area contributed by atoms with E-state index in [4.69, 9.17) is 5.73 Å². The van der Waals surface area contributed by atoms with Crippen molar-refractivity contribution in [2.75, 3.05) is 23.7 Å². The number of nitrogens with two attached hydrogens (primary N) is 1. The van der Waals surface area contributed by atoms with Gasteiger partial charge < -0.3 is 15.7 Å². The van der Waals surface area contributed by atoms with Crippen LogP contribution in [0.15, 0.2) is 6.07 Å². The van der Waals surface area contributed by atoms with Crippen LogP contribution in [0.1, 0.15) is 29.4 Å². The third-order valence-electron chi connectivity index (χ3n) is 2.84. The molecule has 0 radical (unpaired) electrons. The third-order valence-corrected chi connectivity index (χ3v) is 4.16. The number of ketones is 1. The number of aliphatic hydroxyl groups excluding tert-OH is 1. The van der Waals surface area contributed by atoms with E-state index in [1.807, 2.05) is 6.07 Å². The van der Waals surface area contributed by atoms with Crippen molar-refractivity contribution in [2.24, 2.45) is 0 Å². The number of rotatable bonds is 2. The summed E-state index contributed by atoms with van der Waals surface area (Å²) in [4.78, 5) is 14.1. The van der Waals surface area contributed by atoms with Gasteiger partial charge in [-0.25, -0.2) is 0 Å². The molecule has 0 bridgehead atoms. The second-order valence-corrected chi connectivity index (χ2v) is 5.17. The highest BCUT2D eigenvalue weighted by Gasteiger charge is 2.20. The number of carbonyl (C=O) groups is 1. The Kier molecular flexibility index (Phi) is 3.16. The summed E-state index contributed by atoms with van der Waals surface area (Å²) in [6.45, 7) is 3.20. The summed E-state index contributed by atoms with van der Waals surface area (Å²) >= 11 is 1.45. The molecule has 5 heteroatoms. The lowest BCUT2D eigenvalue weighted by Gasteiger charge is -2.30. The lowest BCUT2D eigenvalue weighted by atomic mass is 10.1. The minimum Gasteiger partial charge on any atom is -0.397 e. The Labute approximate surface area is 98.7 Å². The molecule has 1 aliphatic rings. The number of anilines is 2. The Morgan fingerprint density at radius 2 is 2.19 bits per heavy atom. The van der Waals surface area contributed by atoms with Gasteiger partial charge in [0.15, 0.2) is 5.78 Å². The highest BCUT2D eigenvalue weighted by atomic mass is 32.1. The van der Waals surface area contributed by atoms with Gasteiger partial charge >= 0.3 is 0 Å². The predicted octanol–water partition coefficient (Wildman–Crippen LogP) is 1.49. The van der Waals surface area contributed by atoms with E-state index in [1.54, 1.807) is 0 Å². The Morgan fingerprint density at radius 3 is 2.69 bits per heavy atom. The van der Waals surface area contributed by atoms with Crippen LogP contribution < -0.4 is 10.6 Å². The fourth-order valence-corrected chi connectivity index (χ4v) is 2.94. The van der Waals surface area contributed by atoms with E-state index in [2.05, 4.69) is 4.90 Å². The Bertz CT molecular complexity index is 395. The number of nitrogen functional groups attached to an aromatic ring is 1. The van der Waals surface area contributed by atoms with Crippen LogP contribution in [0.5, 0.6) is 0 Å². The number of nitrogens with zero attached hydrogens (tertiary/aromatic N) is 1. The highest BCUT2D eigenvalue weighted by Crippen LogP contribution is 2.33. The number of hydrogen-bond donors (Lipinski definition) is 2. The molecule has 2 rings (SSSR count). The Morgan fingerprint density at radius 1 is 1.56 bits per heavy atom. The summed E-state index contributed by atoms with van der Waals surface area (Å²) < 4.78 is 0. The van der Waals surface area contributed by atoms with Crippen LogP contribution in [0.3, 0.4) is 0 Å². The second-order valence-electron chi connectivity index (χ2n) is 4.14. The van der Waals surface area contributed by atoms with E-state index in [9.17, 15) is 9.90 Å². The van der Waals surface area contributed by atoms with Crippen molar-refractivity contribution in [1.29, 1.82) is 0 Å². The topological polar surface area (TPSA) is 66.6 Å². The van der Waals surface area contributed by atoms with E-state index >= 15 is 0 Å². The molecular weight excluding hydrogens is 224 g/mol. The van der Waals surface area contributed by atoms with E-state index < -0.39 is 0 Å². The molecule has 88 valence electrons. The molecule has 0 spiro atoms. The van der Waals surface area contributed by atoms with Crippen molar-refractivity contribution in [1.82, 2.24) is 0 Å². The molecule has 1 aromatic heterocycles. The quantitative estimate of drug-likeness (QED) is 0.769. The zero-order valence-electron chi connectivity index (χ0n) is 9.27. The van der Waals surface area contributed by atoms with Gasteiger partial charge in [-0.15, -0.1) is 11.3 Å². The minimum absolute atomic E-state index is 0.0193. The van der Waals surface area contributed by atoms with Gasteiger partial charge in [0.25, 0.3) is 0 Å². The fourth-order valence-electron chi connectivity index (χ4n) is 1.91. The highest BCUT2D eigenvalue weighted by molar-refractivity contribution is 7.18. The maximum atomic E-state index is 11.3. The summed E-state index contributed by atoms with van der Waals surface area (Å²) in [7, 11) is 0. The van der Waals surface area contributed by atoms with Gasteiger partial charge in [0, 0.05) is 20.0 Å². The average Bonchev–Trinajstić information content (AvgIpc) is 2.61. The molecule has 16 heavy (non-hydrogen) atoms. The van der Waals surface area contributed by atoms with E-state index in [1.165, 1.54) is 18.3 Å². The van der Waals surface area contributed by atoms with Crippen LogP contribution in [0.25, 0.3) is 0 Å². The molecular formula is C11H16N2O2S. The van der Waals surface area contributed by atoms with Crippen LogP contribution in [-0.2, 0) is 0 Å². The van der Waals surface area contributed by atoms with Gasteiger partial charge in [0.2, 0.25) is 0 Å². The number of thiophene rings is 1. The second kappa shape index (κ2) is 4.43. The minimum atomic E-state index is -0.180. The Balaban J connectivity index is 2.15. The molecule has 1 aliphatic heterocycles. The third kappa shape index (κ3) is 2.20. The van der Waals surface area contributed by atoms with Crippen LogP contribution in [0.4, 0.5) is 10.7 Å². The molecule has 3 N–H and O–H groups in total. The monoisotopic (exact) mass is 240 g/mol. The molecule has 0 atom stereocenters. The molecule has 0 unspecified atom stereocenters. The first-order valence-corrected chi connectivity index (χ1v) is 6.23. The summed E-state index contributed by atoms with van der Waals surface area (Å²) in [5, 5.41) is 10.5. The van der Waals surface area contributed by atoms with Crippen molar-refractivity contribution in [3.8, 4) is 0 Å². The van der Waals surface area contributed by atoms with Crippen LogP contribution in [0, 0.1) is 0 Å². The normalized spacial score (nSPS) is 17.8. The van der Waals surface area contributed by atoms with E-state index in [0.717, 1.165) is 30.9 Å². The average molecular weight is 240 g/mol. The van der Waals surface area contributed by atoms with E-state index in [0.29, 0.717) is 10.6 Å². The summed E-state index contributed by atoms with van der Waals surface area (Å²) in [6.07, 6.45) is 1.39. The maximum absolute atomic E-state index is 11.3. The standard InChI is InChI=1S/C11H16N2O2S/c1-7(14)11-9(12)6-10(16-11)13-4-2-8(15)3-5-13/h6,8,15H,2-5,12H2,1H3. The van der Waals surface area contributed by atoms with Crippen LogP contribution >= 0.6 is 11.3 Å². The SMILES string of the molecule is CC(=O)c1sc(N2CCC(O)CC2)cc1N. The van der Waals surface area contributed by atoms with Gasteiger partial charge in [0.05, 0.1) is 21.7 Å². The first kappa shape index (κ1) is 11.4. The number of hydrogen-bond acceptors (Lipinski definition) is 5. The summed E-state index contributed by atoms with van der Waals surface area (Å²) in [6, 6.07) is 1.86. The van der Waals surface area contributed by atoms with Gasteiger partial charge in [-0.1, -0.05) is 0 Å². The molecule has 0 aliphatic carbocycles. The zero-order chi connectivity index (χ0) is 11.7. The van der Waals surface area contributed by atoms with Crippen LogP contribution in [-0.4, -0.2) is 30.1 Å². The molecule has 1 saturated heterocycles. The zero-order valence-corrected chi connectivity index (χ0v) is 10.1. The first-order chi connectivity index (χ1) is 7.58. The van der Waals surface area contributed by atoms with Crippen molar-refractivity contribution in [3.63, 3.8) is 0 Å². The number of piperidine rings is 1. The number of aliphatic hydroxyl groups is 1. The van der Waals surface area contributed by atoms with Gasteiger partial charge in [0.1, 0.15) is 0 Å². The molecule has 0 aromatic carbocycles. The Hall–Kier alpha value is -1.07. The maximum Gasteiger partial charge on any atom is 0.171 e. The fraction of sp³-hybridized carbons (Fsp3) is 0.545. The molecule has 2 heterocycles.